The largest absolute Gasteiger partial charge is 0.461 e. The van der Waals surface area contributed by atoms with Gasteiger partial charge in [0.2, 0.25) is 0 Å². The highest BCUT2D eigenvalue weighted by Gasteiger charge is 2.16. The minimum atomic E-state index is 0.613. The van der Waals surface area contributed by atoms with E-state index in [-0.39, 0.29) is 0 Å². The third-order valence-electron chi connectivity index (χ3n) is 2.15. The molecular weight excluding hydrogens is 140 g/mol. The summed E-state index contributed by atoms with van der Waals surface area (Å²) in [5, 5.41) is 0. The lowest BCUT2D eigenvalue weighted by Gasteiger charge is -2.20. The van der Waals surface area contributed by atoms with Crippen LogP contribution in [0.1, 0.15) is 24.3 Å². The molecule has 1 fully saturated rings. The zero-order chi connectivity index (χ0) is 7.52. The first-order valence-corrected chi connectivity index (χ1v) is 3.99. The van der Waals surface area contributed by atoms with Crippen LogP contribution in [0.2, 0.25) is 0 Å². The first-order chi connectivity index (χ1) is 5.47. The van der Waals surface area contributed by atoms with Gasteiger partial charge in [-0.3, -0.25) is 0 Å². The Kier molecular flexibility index (Phi) is 1.95. The SMILES string of the molecule is [c]1occc1C1CCOCC1. The maximum absolute atomic E-state index is 5.25. The van der Waals surface area contributed by atoms with Crippen LogP contribution >= 0.6 is 0 Å². The van der Waals surface area contributed by atoms with Crippen molar-refractivity contribution in [1.29, 1.82) is 0 Å². The number of furan rings is 1. The molecule has 2 heterocycles. The predicted molar refractivity (Wildman–Crippen MR) is 40.3 cm³/mol. The number of ether oxygens (including phenoxy) is 1. The van der Waals surface area contributed by atoms with Crippen LogP contribution in [0.5, 0.6) is 0 Å². The predicted octanol–water partition coefficient (Wildman–Crippen LogP) is 1.97. The second-order valence-electron chi connectivity index (χ2n) is 2.86. The smallest absolute Gasteiger partial charge is 0.172 e. The standard InChI is InChI=1S/C9H11O2/c1-4-10-5-2-8(1)9-3-6-11-7-9/h3,6,8H,1-2,4-5H2. The molecule has 59 valence electrons. The third-order valence-corrected chi connectivity index (χ3v) is 2.15. The number of hydrogen-bond acceptors (Lipinski definition) is 2. The fourth-order valence-corrected chi connectivity index (χ4v) is 1.47. The Labute approximate surface area is 66.2 Å². The minimum Gasteiger partial charge on any atom is -0.461 e. The summed E-state index contributed by atoms with van der Waals surface area (Å²) < 4.78 is 10.2. The lowest BCUT2D eigenvalue weighted by atomic mass is 9.94. The maximum atomic E-state index is 5.25. The lowest BCUT2D eigenvalue weighted by Crippen LogP contribution is -2.13. The molecule has 0 bridgehead atoms. The third kappa shape index (κ3) is 1.46. The van der Waals surface area contributed by atoms with Gasteiger partial charge in [-0.2, -0.15) is 0 Å². The highest BCUT2D eigenvalue weighted by molar-refractivity contribution is 5.11. The molecule has 0 atom stereocenters. The quantitative estimate of drug-likeness (QED) is 0.612. The Bertz CT molecular complexity index is 197. The Morgan fingerprint density at radius 2 is 2.18 bits per heavy atom. The van der Waals surface area contributed by atoms with Gasteiger partial charge in [-0.05, 0) is 24.8 Å². The number of hydrogen-bond donors (Lipinski definition) is 0. The summed E-state index contributed by atoms with van der Waals surface area (Å²) in [5.41, 5.74) is 1.20. The van der Waals surface area contributed by atoms with Crippen molar-refractivity contribution < 1.29 is 9.15 Å². The number of rotatable bonds is 1. The van der Waals surface area contributed by atoms with E-state index in [2.05, 4.69) is 6.26 Å². The molecule has 0 amide bonds. The van der Waals surface area contributed by atoms with Crippen LogP contribution < -0.4 is 0 Å². The van der Waals surface area contributed by atoms with E-state index in [4.69, 9.17) is 9.15 Å². The zero-order valence-corrected chi connectivity index (χ0v) is 6.38. The normalized spacial score (nSPS) is 20.4. The monoisotopic (exact) mass is 151 g/mol. The first-order valence-electron chi connectivity index (χ1n) is 3.99. The van der Waals surface area contributed by atoms with E-state index in [9.17, 15) is 0 Å². The van der Waals surface area contributed by atoms with Crippen LogP contribution in [-0.2, 0) is 4.74 Å². The minimum absolute atomic E-state index is 0.613. The zero-order valence-electron chi connectivity index (χ0n) is 6.38. The molecule has 2 heteroatoms. The molecule has 0 unspecified atom stereocenters. The van der Waals surface area contributed by atoms with Crippen LogP contribution in [0, 0.1) is 6.26 Å². The van der Waals surface area contributed by atoms with Gasteiger partial charge in [0, 0.05) is 18.8 Å². The second kappa shape index (κ2) is 3.09. The van der Waals surface area contributed by atoms with Crippen LogP contribution in [0.15, 0.2) is 16.7 Å². The summed E-state index contributed by atoms with van der Waals surface area (Å²) in [5.74, 6) is 0.613. The van der Waals surface area contributed by atoms with Crippen LogP contribution in [0.25, 0.3) is 0 Å². The van der Waals surface area contributed by atoms with E-state index in [1.807, 2.05) is 6.07 Å². The van der Waals surface area contributed by atoms with Gasteiger partial charge in [-0.1, -0.05) is 0 Å². The highest BCUT2D eigenvalue weighted by atomic mass is 16.5. The highest BCUT2D eigenvalue weighted by Crippen LogP contribution is 2.26. The molecule has 1 aromatic heterocycles. The van der Waals surface area contributed by atoms with E-state index in [0.29, 0.717) is 5.92 Å². The van der Waals surface area contributed by atoms with E-state index in [1.54, 1.807) is 6.26 Å². The Hall–Kier alpha value is -0.760. The van der Waals surface area contributed by atoms with E-state index in [0.717, 1.165) is 26.1 Å². The van der Waals surface area contributed by atoms with Gasteiger partial charge >= 0.3 is 0 Å². The summed E-state index contributed by atoms with van der Waals surface area (Å²) in [6.07, 6.45) is 6.78. The molecule has 1 aliphatic rings. The summed E-state index contributed by atoms with van der Waals surface area (Å²) in [4.78, 5) is 0. The van der Waals surface area contributed by atoms with Crippen molar-refractivity contribution in [3.8, 4) is 0 Å². The fraction of sp³-hybridized carbons (Fsp3) is 0.556. The van der Waals surface area contributed by atoms with Crippen LogP contribution in [-0.4, -0.2) is 13.2 Å². The van der Waals surface area contributed by atoms with Gasteiger partial charge in [0.25, 0.3) is 0 Å². The molecule has 0 spiro atoms. The molecule has 1 radical (unpaired) electrons. The molecule has 0 N–H and O–H groups in total. The van der Waals surface area contributed by atoms with Gasteiger partial charge in [0.15, 0.2) is 6.26 Å². The van der Waals surface area contributed by atoms with Crippen molar-refractivity contribution in [2.24, 2.45) is 0 Å². The average Bonchev–Trinajstić information content (AvgIpc) is 2.58. The van der Waals surface area contributed by atoms with Gasteiger partial charge < -0.3 is 9.15 Å². The van der Waals surface area contributed by atoms with Gasteiger partial charge in [0.1, 0.15) is 0 Å². The van der Waals surface area contributed by atoms with Gasteiger partial charge in [0.05, 0.1) is 6.26 Å². The van der Waals surface area contributed by atoms with E-state index >= 15 is 0 Å². The van der Waals surface area contributed by atoms with Gasteiger partial charge in [-0.25, -0.2) is 0 Å². The Morgan fingerprint density at radius 1 is 1.36 bits per heavy atom. The molecule has 11 heavy (non-hydrogen) atoms. The van der Waals surface area contributed by atoms with Gasteiger partial charge in [-0.15, -0.1) is 0 Å². The van der Waals surface area contributed by atoms with Crippen molar-refractivity contribution in [1.82, 2.24) is 0 Å². The summed E-state index contributed by atoms with van der Waals surface area (Å²) in [6, 6.07) is 2.00. The van der Waals surface area contributed by atoms with Crippen molar-refractivity contribution in [2.45, 2.75) is 18.8 Å². The molecule has 0 aromatic carbocycles. The topological polar surface area (TPSA) is 22.4 Å². The Balaban J connectivity index is 2.04. The molecule has 0 saturated carbocycles. The average molecular weight is 151 g/mol. The van der Waals surface area contributed by atoms with Crippen LogP contribution in [0.4, 0.5) is 0 Å². The molecule has 2 rings (SSSR count). The molecule has 2 nitrogen and oxygen atoms in total. The van der Waals surface area contributed by atoms with E-state index < -0.39 is 0 Å². The molecule has 1 saturated heterocycles. The van der Waals surface area contributed by atoms with Crippen LogP contribution in [0.3, 0.4) is 0 Å². The summed E-state index contributed by atoms with van der Waals surface area (Å²) in [7, 11) is 0. The molecule has 1 aromatic rings. The molecule has 0 aliphatic carbocycles. The van der Waals surface area contributed by atoms with Crippen molar-refractivity contribution in [3.05, 3.63) is 24.2 Å². The lowest BCUT2D eigenvalue weighted by molar-refractivity contribution is 0.0851. The van der Waals surface area contributed by atoms with Crippen molar-refractivity contribution in [2.75, 3.05) is 13.2 Å². The second-order valence-corrected chi connectivity index (χ2v) is 2.86. The van der Waals surface area contributed by atoms with Crippen molar-refractivity contribution in [3.63, 3.8) is 0 Å². The maximum Gasteiger partial charge on any atom is 0.172 e. The van der Waals surface area contributed by atoms with E-state index in [1.165, 1.54) is 5.56 Å². The fourth-order valence-electron chi connectivity index (χ4n) is 1.47. The van der Waals surface area contributed by atoms with Crippen molar-refractivity contribution >= 4 is 0 Å². The Morgan fingerprint density at radius 3 is 2.82 bits per heavy atom. The first kappa shape index (κ1) is 6.92. The molecule has 1 aliphatic heterocycles. The summed E-state index contributed by atoms with van der Waals surface area (Å²) in [6.45, 7) is 1.76. The summed E-state index contributed by atoms with van der Waals surface area (Å²) >= 11 is 0. The molecular formula is C9H11O2.